The van der Waals surface area contributed by atoms with Crippen LogP contribution in [-0.2, 0) is 5.54 Å². The van der Waals surface area contributed by atoms with Crippen LogP contribution in [-0.4, -0.2) is 4.98 Å². The van der Waals surface area contributed by atoms with Crippen molar-refractivity contribution < 1.29 is 0 Å². The largest absolute Gasteiger partial charge is 0.319 e. The van der Waals surface area contributed by atoms with Gasteiger partial charge in [-0.25, -0.2) is 4.98 Å². The number of nitrogens with zero attached hydrogens (tertiary/aromatic N) is 1. The van der Waals surface area contributed by atoms with E-state index in [4.69, 9.17) is 10.7 Å². The predicted molar refractivity (Wildman–Crippen MR) is 67.4 cm³/mol. The Balaban J connectivity index is 3.11. The van der Waals surface area contributed by atoms with Gasteiger partial charge in [0.2, 0.25) is 0 Å². The zero-order chi connectivity index (χ0) is 11.6. The zero-order valence-electron chi connectivity index (χ0n) is 10.4. The van der Waals surface area contributed by atoms with Gasteiger partial charge in [-0.1, -0.05) is 27.7 Å². The predicted octanol–water partition coefficient (Wildman–Crippen LogP) is 3.55. The van der Waals surface area contributed by atoms with Gasteiger partial charge in [-0.15, -0.1) is 11.3 Å². The lowest BCUT2D eigenvalue weighted by molar-refractivity contribution is 0.409. The zero-order valence-corrected chi connectivity index (χ0v) is 11.2. The highest BCUT2D eigenvalue weighted by atomic mass is 32.1. The normalized spacial score (nSPS) is 12.5. The van der Waals surface area contributed by atoms with E-state index in [1.54, 1.807) is 11.3 Å². The minimum Gasteiger partial charge on any atom is -0.319 e. The van der Waals surface area contributed by atoms with Crippen molar-refractivity contribution in [3.05, 3.63) is 15.6 Å². The summed E-state index contributed by atoms with van der Waals surface area (Å²) in [5, 5.41) is 1.11. The van der Waals surface area contributed by atoms with Crippen molar-refractivity contribution in [2.24, 2.45) is 5.73 Å². The van der Waals surface area contributed by atoms with Gasteiger partial charge >= 0.3 is 0 Å². The molecule has 2 nitrogen and oxygen atoms in total. The summed E-state index contributed by atoms with van der Waals surface area (Å²) in [6, 6.07) is 0. The van der Waals surface area contributed by atoms with Crippen molar-refractivity contribution in [1.82, 2.24) is 4.98 Å². The van der Waals surface area contributed by atoms with E-state index in [0.29, 0.717) is 5.92 Å². The first kappa shape index (κ1) is 12.7. The SMILES string of the molecule is CCC(N)(CC)c1nc(C(C)C)c(C)s1. The fraction of sp³-hybridized carbons (Fsp3) is 0.750. The molecule has 1 rings (SSSR count). The van der Waals surface area contributed by atoms with Crippen molar-refractivity contribution in [2.45, 2.75) is 58.9 Å². The Labute approximate surface area is 96.9 Å². The van der Waals surface area contributed by atoms with E-state index in [-0.39, 0.29) is 5.54 Å². The monoisotopic (exact) mass is 226 g/mol. The Morgan fingerprint density at radius 3 is 2.20 bits per heavy atom. The molecule has 1 aromatic heterocycles. The molecule has 0 aromatic carbocycles. The Morgan fingerprint density at radius 1 is 1.33 bits per heavy atom. The lowest BCUT2D eigenvalue weighted by atomic mass is 9.95. The Kier molecular flexibility index (Phi) is 3.90. The Hall–Kier alpha value is -0.410. The van der Waals surface area contributed by atoms with Crippen LogP contribution < -0.4 is 5.73 Å². The summed E-state index contributed by atoms with van der Waals surface area (Å²) in [7, 11) is 0. The molecule has 0 radical (unpaired) electrons. The maximum Gasteiger partial charge on any atom is 0.113 e. The van der Waals surface area contributed by atoms with E-state index in [1.165, 1.54) is 10.6 Å². The third kappa shape index (κ3) is 2.40. The number of hydrogen-bond acceptors (Lipinski definition) is 3. The smallest absolute Gasteiger partial charge is 0.113 e. The second-order valence-corrected chi connectivity index (χ2v) is 5.68. The molecule has 2 N–H and O–H groups in total. The van der Waals surface area contributed by atoms with Gasteiger partial charge in [-0.3, -0.25) is 0 Å². The topological polar surface area (TPSA) is 38.9 Å². The summed E-state index contributed by atoms with van der Waals surface area (Å²) in [6.45, 7) is 10.8. The van der Waals surface area contributed by atoms with Crippen LogP contribution in [0.2, 0.25) is 0 Å². The molecule has 0 spiro atoms. The Bertz CT molecular complexity index is 324. The van der Waals surface area contributed by atoms with Crippen molar-refractivity contribution >= 4 is 11.3 Å². The van der Waals surface area contributed by atoms with Crippen molar-refractivity contribution in [3.8, 4) is 0 Å². The minimum atomic E-state index is -0.220. The summed E-state index contributed by atoms with van der Waals surface area (Å²) in [6.07, 6.45) is 1.90. The summed E-state index contributed by atoms with van der Waals surface area (Å²) >= 11 is 1.76. The second kappa shape index (κ2) is 4.62. The van der Waals surface area contributed by atoms with Crippen LogP contribution in [0.15, 0.2) is 0 Å². The Morgan fingerprint density at radius 2 is 1.87 bits per heavy atom. The average Bonchev–Trinajstić information content (AvgIpc) is 2.59. The van der Waals surface area contributed by atoms with Crippen molar-refractivity contribution in [2.75, 3.05) is 0 Å². The molecular formula is C12H22N2S. The molecule has 0 saturated heterocycles. The quantitative estimate of drug-likeness (QED) is 0.852. The number of nitrogens with two attached hydrogens (primary N) is 1. The average molecular weight is 226 g/mol. The molecule has 0 saturated carbocycles. The minimum absolute atomic E-state index is 0.220. The van der Waals surface area contributed by atoms with Crippen LogP contribution in [0.25, 0.3) is 0 Å². The van der Waals surface area contributed by atoms with Crippen LogP contribution in [0, 0.1) is 6.92 Å². The van der Waals surface area contributed by atoms with Gasteiger partial charge in [-0.05, 0) is 25.7 Å². The molecule has 0 unspecified atom stereocenters. The molecule has 0 aliphatic carbocycles. The van der Waals surface area contributed by atoms with Crippen LogP contribution in [0.3, 0.4) is 0 Å². The van der Waals surface area contributed by atoms with E-state index in [2.05, 4.69) is 34.6 Å². The van der Waals surface area contributed by atoms with Gasteiger partial charge in [0.15, 0.2) is 0 Å². The number of thiazole rings is 1. The lowest BCUT2D eigenvalue weighted by Gasteiger charge is -2.23. The molecule has 15 heavy (non-hydrogen) atoms. The van der Waals surface area contributed by atoms with E-state index in [0.717, 1.165) is 17.8 Å². The fourth-order valence-corrected chi connectivity index (χ4v) is 3.02. The highest BCUT2D eigenvalue weighted by Crippen LogP contribution is 2.33. The molecule has 0 atom stereocenters. The summed E-state index contributed by atoms with van der Waals surface area (Å²) in [4.78, 5) is 6.03. The summed E-state index contributed by atoms with van der Waals surface area (Å²) in [5.41, 5.74) is 7.34. The molecule has 3 heteroatoms. The van der Waals surface area contributed by atoms with Gasteiger partial charge in [-0.2, -0.15) is 0 Å². The maximum atomic E-state index is 6.35. The molecule has 86 valence electrons. The van der Waals surface area contributed by atoms with Crippen molar-refractivity contribution in [1.29, 1.82) is 0 Å². The first-order valence-corrected chi connectivity index (χ1v) is 6.53. The summed E-state index contributed by atoms with van der Waals surface area (Å²) in [5.74, 6) is 0.493. The van der Waals surface area contributed by atoms with Crippen LogP contribution in [0.4, 0.5) is 0 Å². The standard InChI is InChI=1S/C12H22N2S/c1-6-12(13,7-2)11-14-10(8(3)4)9(5)15-11/h8H,6-7,13H2,1-5H3. The third-order valence-electron chi connectivity index (χ3n) is 3.07. The molecule has 0 fully saturated rings. The highest BCUT2D eigenvalue weighted by Gasteiger charge is 2.28. The van der Waals surface area contributed by atoms with E-state index < -0.39 is 0 Å². The van der Waals surface area contributed by atoms with Gasteiger partial charge in [0.1, 0.15) is 5.01 Å². The molecular weight excluding hydrogens is 204 g/mol. The van der Waals surface area contributed by atoms with Gasteiger partial charge < -0.3 is 5.73 Å². The van der Waals surface area contributed by atoms with Crippen molar-refractivity contribution in [3.63, 3.8) is 0 Å². The molecule has 0 bridgehead atoms. The maximum absolute atomic E-state index is 6.35. The molecule has 0 aliphatic rings. The fourth-order valence-electron chi connectivity index (χ4n) is 1.71. The number of aromatic nitrogens is 1. The lowest BCUT2D eigenvalue weighted by Crippen LogP contribution is -2.35. The first-order chi connectivity index (χ1) is 6.94. The number of hydrogen-bond donors (Lipinski definition) is 1. The third-order valence-corrected chi connectivity index (χ3v) is 4.27. The summed E-state index contributed by atoms with van der Waals surface area (Å²) < 4.78 is 0. The molecule has 1 heterocycles. The first-order valence-electron chi connectivity index (χ1n) is 5.71. The van der Waals surface area contributed by atoms with Crippen LogP contribution in [0.1, 0.15) is 62.0 Å². The molecule has 0 amide bonds. The van der Waals surface area contributed by atoms with Gasteiger partial charge in [0, 0.05) is 4.88 Å². The van der Waals surface area contributed by atoms with Crippen LogP contribution in [0.5, 0.6) is 0 Å². The van der Waals surface area contributed by atoms with Crippen LogP contribution >= 0.6 is 11.3 Å². The molecule has 0 aliphatic heterocycles. The van der Waals surface area contributed by atoms with Gasteiger partial charge in [0.05, 0.1) is 11.2 Å². The van der Waals surface area contributed by atoms with Gasteiger partial charge in [0.25, 0.3) is 0 Å². The second-order valence-electron chi connectivity index (χ2n) is 4.48. The highest BCUT2D eigenvalue weighted by molar-refractivity contribution is 7.11. The van der Waals surface area contributed by atoms with E-state index in [1.807, 2.05) is 0 Å². The molecule has 1 aromatic rings. The number of aryl methyl sites for hydroxylation is 1. The number of rotatable bonds is 4. The van der Waals surface area contributed by atoms with E-state index >= 15 is 0 Å². The van der Waals surface area contributed by atoms with E-state index in [9.17, 15) is 0 Å².